The second-order valence-electron chi connectivity index (χ2n) is 9.96. The van der Waals surface area contributed by atoms with E-state index < -0.39 is 4.08 Å². The Morgan fingerprint density at radius 1 is 0.781 bits per heavy atom. The molecule has 2 aromatic carbocycles. The van der Waals surface area contributed by atoms with E-state index in [-0.39, 0.29) is 0 Å². The standard InChI is InChI=1S/C27H32N2OS2/c30-26-27(31-22-9-3-1-4-10-22,32-23-11-5-2-6-12-23)15-14-25-20-17-21(19-29(25)26)24-13-7-8-16-28(24)18-20/h1-6,9-12,20-21,24-25H,7-8,13-19H2/t20-,21-,24-,25+/m0/s1. The van der Waals surface area contributed by atoms with E-state index in [1.54, 1.807) is 23.5 Å². The summed E-state index contributed by atoms with van der Waals surface area (Å²) >= 11 is 3.57. The molecule has 32 heavy (non-hydrogen) atoms. The minimum atomic E-state index is -0.475. The molecule has 4 atom stereocenters. The molecule has 168 valence electrons. The van der Waals surface area contributed by atoms with Crippen LogP contribution in [0.1, 0.15) is 38.5 Å². The summed E-state index contributed by atoms with van der Waals surface area (Å²) in [5.74, 6) is 1.69. The largest absolute Gasteiger partial charge is 0.337 e. The van der Waals surface area contributed by atoms with Gasteiger partial charge in [-0.15, -0.1) is 0 Å². The van der Waals surface area contributed by atoms with Crippen LogP contribution < -0.4 is 0 Å². The van der Waals surface area contributed by atoms with Crippen LogP contribution in [0.3, 0.4) is 0 Å². The van der Waals surface area contributed by atoms with E-state index in [0.29, 0.717) is 29.8 Å². The Morgan fingerprint density at radius 2 is 1.44 bits per heavy atom. The number of fused-ring (bicyclic) bond motifs is 6. The van der Waals surface area contributed by atoms with E-state index in [1.165, 1.54) is 48.6 Å². The third-order valence-electron chi connectivity index (χ3n) is 8.07. The van der Waals surface area contributed by atoms with Gasteiger partial charge >= 0.3 is 0 Å². The number of carbonyl (C=O) groups excluding carboxylic acids is 1. The van der Waals surface area contributed by atoms with Crippen LogP contribution in [0.4, 0.5) is 0 Å². The number of hydrogen-bond acceptors (Lipinski definition) is 4. The van der Waals surface area contributed by atoms with Gasteiger partial charge in [-0.2, -0.15) is 0 Å². The summed E-state index contributed by atoms with van der Waals surface area (Å²) < 4.78 is -0.475. The van der Waals surface area contributed by atoms with Gasteiger partial charge in [0.25, 0.3) is 0 Å². The monoisotopic (exact) mass is 464 g/mol. The molecule has 4 heterocycles. The molecular weight excluding hydrogens is 432 g/mol. The average molecular weight is 465 g/mol. The van der Waals surface area contributed by atoms with Crippen molar-refractivity contribution >= 4 is 29.4 Å². The number of hydrogen-bond donors (Lipinski definition) is 0. The fourth-order valence-electron chi connectivity index (χ4n) is 6.67. The molecule has 3 nitrogen and oxygen atoms in total. The number of carbonyl (C=O) groups is 1. The van der Waals surface area contributed by atoms with Gasteiger partial charge in [-0.3, -0.25) is 9.69 Å². The van der Waals surface area contributed by atoms with Crippen LogP contribution >= 0.6 is 23.5 Å². The van der Waals surface area contributed by atoms with Crippen molar-refractivity contribution < 1.29 is 4.79 Å². The van der Waals surface area contributed by atoms with E-state index in [4.69, 9.17) is 0 Å². The molecule has 2 aromatic rings. The minimum absolute atomic E-state index is 0.371. The number of piperidine rings is 4. The van der Waals surface area contributed by atoms with Crippen molar-refractivity contribution in [1.29, 1.82) is 0 Å². The van der Waals surface area contributed by atoms with Gasteiger partial charge in [0.05, 0.1) is 0 Å². The third kappa shape index (κ3) is 3.80. The Morgan fingerprint density at radius 3 is 2.12 bits per heavy atom. The lowest BCUT2D eigenvalue weighted by Gasteiger charge is -2.58. The van der Waals surface area contributed by atoms with Gasteiger partial charge in [0, 0.05) is 35.0 Å². The van der Waals surface area contributed by atoms with Gasteiger partial charge in [0.1, 0.15) is 4.08 Å². The second kappa shape index (κ2) is 8.73. The van der Waals surface area contributed by atoms with Crippen molar-refractivity contribution in [3.05, 3.63) is 60.7 Å². The van der Waals surface area contributed by atoms with Gasteiger partial charge in [-0.1, -0.05) is 66.3 Å². The van der Waals surface area contributed by atoms with E-state index in [0.717, 1.165) is 19.4 Å². The van der Waals surface area contributed by atoms with E-state index >= 15 is 0 Å². The molecule has 0 aliphatic carbocycles. The molecule has 4 fully saturated rings. The first-order chi connectivity index (χ1) is 15.7. The molecule has 0 unspecified atom stereocenters. The summed E-state index contributed by atoms with van der Waals surface area (Å²) in [6.45, 7) is 3.45. The van der Waals surface area contributed by atoms with Crippen LogP contribution in [-0.4, -0.2) is 51.5 Å². The SMILES string of the molecule is O=C1N2C[C@@H]3C[C@@H](CN4CCCC[C@@H]34)[C@H]2CCC1(Sc1ccccc1)Sc1ccccc1. The smallest absolute Gasteiger partial charge is 0.249 e. The summed E-state index contributed by atoms with van der Waals surface area (Å²) in [6, 6.07) is 22.2. The number of amides is 1. The van der Waals surface area contributed by atoms with Gasteiger partial charge in [-0.05, 0) is 74.8 Å². The highest BCUT2D eigenvalue weighted by Crippen LogP contribution is 2.55. The lowest BCUT2D eigenvalue weighted by atomic mass is 9.71. The molecule has 0 N–H and O–H groups in total. The first-order valence-electron chi connectivity index (χ1n) is 12.3. The van der Waals surface area contributed by atoms with E-state index in [2.05, 4.69) is 70.5 Å². The molecule has 6 rings (SSSR count). The zero-order chi connectivity index (χ0) is 21.5. The van der Waals surface area contributed by atoms with Crippen LogP contribution in [0.15, 0.2) is 70.5 Å². The van der Waals surface area contributed by atoms with Gasteiger partial charge in [0.15, 0.2) is 0 Å². The lowest BCUT2D eigenvalue weighted by Crippen LogP contribution is -2.67. The Balaban J connectivity index is 1.31. The summed E-state index contributed by atoms with van der Waals surface area (Å²) in [6.07, 6.45) is 7.44. The van der Waals surface area contributed by atoms with Gasteiger partial charge in [-0.25, -0.2) is 0 Å². The maximum atomic E-state index is 14.4. The Hall–Kier alpha value is -1.43. The Bertz CT molecular complexity index is 911. The molecule has 0 saturated carbocycles. The predicted octanol–water partition coefficient (Wildman–Crippen LogP) is 5.76. The second-order valence-corrected chi connectivity index (χ2v) is 13.0. The zero-order valence-corrected chi connectivity index (χ0v) is 20.2. The molecule has 0 radical (unpaired) electrons. The Kier molecular flexibility index (Phi) is 5.77. The molecule has 0 aromatic heterocycles. The third-order valence-corrected chi connectivity index (χ3v) is 11.0. The van der Waals surface area contributed by atoms with Crippen LogP contribution in [0.2, 0.25) is 0 Å². The van der Waals surface area contributed by atoms with Crippen LogP contribution in [0, 0.1) is 11.8 Å². The average Bonchev–Trinajstić information content (AvgIpc) is 2.83. The molecule has 4 aliphatic rings. The maximum Gasteiger partial charge on any atom is 0.249 e. The molecule has 5 heteroatoms. The summed E-state index contributed by atoms with van der Waals surface area (Å²) in [7, 11) is 0. The fraction of sp³-hybridized carbons (Fsp3) is 0.519. The Labute approximate surface area is 200 Å². The highest BCUT2D eigenvalue weighted by atomic mass is 32.2. The van der Waals surface area contributed by atoms with Crippen LogP contribution in [0.5, 0.6) is 0 Å². The highest BCUT2D eigenvalue weighted by Gasteiger charge is 2.55. The topological polar surface area (TPSA) is 23.6 Å². The molecule has 0 spiro atoms. The molecule has 1 amide bonds. The number of nitrogens with zero attached hydrogens (tertiary/aromatic N) is 2. The van der Waals surface area contributed by atoms with E-state index in [1.807, 2.05) is 0 Å². The highest BCUT2D eigenvalue weighted by molar-refractivity contribution is 8.19. The van der Waals surface area contributed by atoms with Crippen molar-refractivity contribution in [3.8, 4) is 0 Å². The predicted molar refractivity (Wildman–Crippen MR) is 133 cm³/mol. The van der Waals surface area contributed by atoms with Gasteiger partial charge < -0.3 is 4.90 Å². The summed E-state index contributed by atoms with van der Waals surface area (Å²) in [5.41, 5.74) is 0. The number of benzene rings is 2. The molecular formula is C27H32N2OS2. The normalized spacial score (nSPS) is 31.6. The molecule has 2 bridgehead atoms. The van der Waals surface area contributed by atoms with Crippen LogP contribution in [-0.2, 0) is 4.79 Å². The van der Waals surface area contributed by atoms with Crippen molar-refractivity contribution in [3.63, 3.8) is 0 Å². The fourth-order valence-corrected chi connectivity index (χ4v) is 9.61. The van der Waals surface area contributed by atoms with Crippen LogP contribution in [0.25, 0.3) is 0 Å². The number of rotatable bonds is 4. The van der Waals surface area contributed by atoms with E-state index in [9.17, 15) is 4.79 Å². The molecule has 4 aliphatic heterocycles. The van der Waals surface area contributed by atoms with Crippen molar-refractivity contribution in [2.45, 2.75) is 64.5 Å². The molecule has 4 saturated heterocycles. The summed E-state index contributed by atoms with van der Waals surface area (Å²) in [5, 5.41) is 0. The minimum Gasteiger partial charge on any atom is -0.337 e. The first kappa shape index (κ1) is 21.1. The van der Waals surface area contributed by atoms with Gasteiger partial charge in [0.2, 0.25) is 5.91 Å². The van der Waals surface area contributed by atoms with Crippen molar-refractivity contribution in [1.82, 2.24) is 9.80 Å². The lowest BCUT2D eigenvalue weighted by molar-refractivity contribution is -0.148. The number of thioether (sulfide) groups is 2. The van der Waals surface area contributed by atoms with Crippen molar-refractivity contribution in [2.24, 2.45) is 11.8 Å². The zero-order valence-electron chi connectivity index (χ0n) is 18.6. The first-order valence-corrected chi connectivity index (χ1v) is 13.9. The summed E-state index contributed by atoms with van der Waals surface area (Å²) in [4.78, 5) is 21.9. The quantitative estimate of drug-likeness (QED) is 0.537. The maximum absolute atomic E-state index is 14.4. The van der Waals surface area contributed by atoms with Crippen molar-refractivity contribution in [2.75, 3.05) is 19.6 Å².